The fraction of sp³-hybridized carbons (Fsp3) is 0.222. The highest BCUT2D eigenvalue weighted by molar-refractivity contribution is 7.91. The smallest absolute Gasteiger partial charge is 0.340 e. The number of ether oxygens (including phenoxy) is 1. The van der Waals surface area contributed by atoms with E-state index in [-0.39, 0.29) is 32.6 Å². The van der Waals surface area contributed by atoms with Gasteiger partial charge in [-0.25, -0.2) is 13.2 Å². The van der Waals surface area contributed by atoms with Gasteiger partial charge in [0, 0.05) is 12.1 Å². The molecular weight excluding hydrogens is 424 g/mol. The zero-order valence-corrected chi connectivity index (χ0v) is 17.0. The predicted molar refractivity (Wildman–Crippen MR) is 106 cm³/mol. The van der Waals surface area contributed by atoms with Gasteiger partial charge in [0.2, 0.25) is 0 Å². The van der Waals surface area contributed by atoms with Crippen LogP contribution in [0.4, 0.5) is 11.4 Å². The number of carbonyl (C=O) groups excluding carboxylic acids is 2. The molecule has 0 heterocycles. The van der Waals surface area contributed by atoms with Crippen molar-refractivity contribution < 1.29 is 27.7 Å². The van der Waals surface area contributed by atoms with Crippen molar-refractivity contribution in [2.24, 2.45) is 0 Å². The van der Waals surface area contributed by atoms with Gasteiger partial charge in [-0.15, -0.1) is 0 Å². The number of non-ortho nitro benzene ring substituents is 1. The summed E-state index contributed by atoms with van der Waals surface area (Å²) in [6, 6.07) is 9.01. The van der Waals surface area contributed by atoms with Gasteiger partial charge in [0.15, 0.2) is 15.9 Å². The molecule has 0 saturated heterocycles. The van der Waals surface area contributed by atoms with Crippen molar-refractivity contribution in [1.82, 2.24) is 0 Å². The Morgan fingerprint density at radius 3 is 2.48 bits per heavy atom. The van der Waals surface area contributed by atoms with Gasteiger partial charge in [-0.2, -0.15) is 0 Å². The maximum absolute atomic E-state index is 12.4. The monoisotopic (exact) mass is 440 g/mol. The molecule has 0 spiro atoms. The number of nitro benzene ring substituents is 1. The molecule has 2 aromatic rings. The Labute approximate surface area is 171 Å². The van der Waals surface area contributed by atoms with E-state index in [0.717, 1.165) is 12.1 Å². The Balaban J connectivity index is 2.15. The minimum Gasteiger partial charge on any atom is -0.449 e. The van der Waals surface area contributed by atoms with Crippen LogP contribution >= 0.6 is 11.6 Å². The second kappa shape index (κ2) is 9.01. The summed E-state index contributed by atoms with van der Waals surface area (Å²) in [7, 11) is -3.67. The standard InChI is InChI=1S/C18H17ClN2O7S/c1-3-29(26,27)16-7-5-4-6-13(16)18(23)28-11(2)17(22)20-15-9-8-12(21(24)25)10-14(15)19/h4-11H,3H2,1-2H3,(H,20,22). The first-order chi connectivity index (χ1) is 13.6. The number of hydrogen-bond donors (Lipinski definition) is 1. The summed E-state index contributed by atoms with van der Waals surface area (Å²) >= 11 is 5.92. The topological polar surface area (TPSA) is 133 Å². The number of sulfone groups is 1. The number of carbonyl (C=O) groups is 2. The maximum atomic E-state index is 12.4. The number of benzene rings is 2. The highest BCUT2D eigenvalue weighted by atomic mass is 35.5. The first-order valence-corrected chi connectivity index (χ1v) is 10.4. The Bertz CT molecular complexity index is 1070. The van der Waals surface area contributed by atoms with Crippen molar-refractivity contribution in [3.05, 3.63) is 63.2 Å². The second-order valence-corrected chi connectivity index (χ2v) is 8.51. The molecule has 1 unspecified atom stereocenters. The van der Waals surface area contributed by atoms with Crippen LogP contribution in [0.3, 0.4) is 0 Å². The number of rotatable bonds is 7. The fourth-order valence-electron chi connectivity index (χ4n) is 2.29. The van der Waals surface area contributed by atoms with Gasteiger partial charge in [0.1, 0.15) is 0 Å². The Hall–Kier alpha value is -2.98. The summed E-state index contributed by atoms with van der Waals surface area (Å²) in [5.41, 5.74) is -0.331. The zero-order valence-electron chi connectivity index (χ0n) is 15.4. The quantitative estimate of drug-likeness (QED) is 0.397. The van der Waals surface area contributed by atoms with E-state index in [1.165, 1.54) is 44.2 Å². The third kappa shape index (κ3) is 5.30. The molecule has 2 aromatic carbocycles. The number of halogens is 1. The molecule has 0 aromatic heterocycles. The first kappa shape index (κ1) is 22.3. The molecule has 2 rings (SSSR count). The highest BCUT2D eigenvalue weighted by Crippen LogP contribution is 2.27. The first-order valence-electron chi connectivity index (χ1n) is 8.34. The summed E-state index contributed by atoms with van der Waals surface area (Å²) in [4.78, 5) is 34.6. The minimum atomic E-state index is -3.67. The van der Waals surface area contributed by atoms with E-state index < -0.39 is 32.7 Å². The fourth-order valence-corrected chi connectivity index (χ4v) is 3.60. The summed E-state index contributed by atoms with van der Waals surface area (Å²) in [5, 5.41) is 13.1. The van der Waals surface area contributed by atoms with Crippen molar-refractivity contribution in [2.45, 2.75) is 24.8 Å². The molecule has 9 nitrogen and oxygen atoms in total. The number of nitro groups is 1. The van der Waals surface area contributed by atoms with Crippen molar-refractivity contribution in [3.8, 4) is 0 Å². The largest absolute Gasteiger partial charge is 0.449 e. The SMILES string of the molecule is CCS(=O)(=O)c1ccccc1C(=O)OC(C)C(=O)Nc1ccc([N+](=O)[O-])cc1Cl. The van der Waals surface area contributed by atoms with Gasteiger partial charge in [0.25, 0.3) is 11.6 Å². The van der Waals surface area contributed by atoms with Crippen LogP contribution in [0.1, 0.15) is 24.2 Å². The van der Waals surface area contributed by atoms with E-state index in [1.807, 2.05) is 0 Å². The molecule has 0 bridgehead atoms. The molecule has 0 aliphatic rings. The molecule has 1 atom stereocenters. The molecule has 0 fully saturated rings. The lowest BCUT2D eigenvalue weighted by Gasteiger charge is -2.15. The highest BCUT2D eigenvalue weighted by Gasteiger charge is 2.25. The number of nitrogens with zero attached hydrogens (tertiary/aromatic N) is 1. The van der Waals surface area contributed by atoms with E-state index >= 15 is 0 Å². The third-order valence-corrected chi connectivity index (χ3v) is 6.00. The van der Waals surface area contributed by atoms with Crippen molar-refractivity contribution in [3.63, 3.8) is 0 Å². The average Bonchev–Trinajstić information content (AvgIpc) is 2.69. The van der Waals surface area contributed by atoms with Crippen LogP contribution in [0.15, 0.2) is 47.4 Å². The van der Waals surface area contributed by atoms with E-state index in [4.69, 9.17) is 16.3 Å². The molecule has 1 N–H and O–H groups in total. The van der Waals surface area contributed by atoms with Crippen molar-refractivity contribution >= 4 is 44.7 Å². The Morgan fingerprint density at radius 2 is 1.90 bits per heavy atom. The number of hydrogen-bond acceptors (Lipinski definition) is 7. The van der Waals surface area contributed by atoms with E-state index in [9.17, 15) is 28.1 Å². The van der Waals surface area contributed by atoms with Crippen LogP contribution in [0.25, 0.3) is 0 Å². The number of nitrogens with one attached hydrogen (secondary N) is 1. The molecule has 154 valence electrons. The maximum Gasteiger partial charge on any atom is 0.340 e. The lowest BCUT2D eigenvalue weighted by molar-refractivity contribution is -0.384. The molecule has 0 aliphatic carbocycles. The van der Waals surface area contributed by atoms with Crippen LogP contribution in [0.5, 0.6) is 0 Å². The zero-order chi connectivity index (χ0) is 21.8. The minimum absolute atomic E-state index is 0.0644. The third-order valence-electron chi connectivity index (χ3n) is 3.90. The number of amides is 1. The Kier molecular flexibility index (Phi) is 6.93. The van der Waals surface area contributed by atoms with Gasteiger partial charge >= 0.3 is 5.97 Å². The predicted octanol–water partition coefficient (Wildman–Crippen LogP) is 3.23. The van der Waals surface area contributed by atoms with E-state index in [2.05, 4.69) is 5.32 Å². The number of esters is 1. The molecular formula is C18H17ClN2O7S. The molecule has 29 heavy (non-hydrogen) atoms. The van der Waals surface area contributed by atoms with Gasteiger partial charge in [-0.3, -0.25) is 14.9 Å². The van der Waals surface area contributed by atoms with Gasteiger partial charge in [-0.05, 0) is 25.1 Å². The van der Waals surface area contributed by atoms with Crippen LogP contribution in [-0.4, -0.2) is 37.1 Å². The van der Waals surface area contributed by atoms with Crippen molar-refractivity contribution in [1.29, 1.82) is 0 Å². The van der Waals surface area contributed by atoms with Crippen molar-refractivity contribution in [2.75, 3.05) is 11.1 Å². The molecule has 0 aliphatic heterocycles. The molecule has 0 radical (unpaired) electrons. The van der Waals surface area contributed by atoms with Crippen LogP contribution in [0.2, 0.25) is 5.02 Å². The summed E-state index contributed by atoms with van der Waals surface area (Å²) in [5.74, 6) is -1.92. The molecule has 0 saturated carbocycles. The number of anilines is 1. The summed E-state index contributed by atoms with van der Waals surface area (Å²) < 4.78 is 29.4. The van der Waals surface area contributed by atoms with Crippen LogP contribution in [0, 0.1) is 10.1 Å². The Morgan fingerprint density at radius 1 is 1.24 bits per heavy atom. The second-order valence-electron chi connectivity index (χ2n) is 5.86. The van der Waals surface area contributed by atoms with E-state index in [1.54, 1.807) is 0 Å². The average molecular weight is 441 g/mol. The van der Waals surface area contributed by atoms with Gasteiger partial charge < -0.3 is 10.1 Å². The summed E-state index contributed by atoms with van der Waals surface area (Å²) in [6.07, 6.45) is -1.29. The van der Waals surface area contributed by atoms with E-state index in [0.29, 0.717) is 0 Å². The molecule has 11 heteroatoms. The van der Waals surface area contributed by atoms with Crippen LogP contribution in [-0.2, 0) is 19.4 Å². The van der Waals surface area contributed by atoms with Crippen LogP contribution < -0.4 is 5.32 Å². The van der Waals surface area contributed by atoms with Gasteiger partial charge in [-0.1, -0.05) is 30.7 Å². The normalized spacial score (nSPS) is 12.1. The summed E-state index contributed by atoms with van der Waals surface area (Å²) in [6.45, 7) is 2.74. The lowest BCUT2D eigenvalue weighted by Crippen LogP contribution is -2.30. The molecule has 1 amide bonds. The lowest BCUT2D eigenvalue weighted by atomic mass is 10.2. The van der Waals surface area contributed by atoms with Gasteiger partial charge in [0.05, 0.1) is 31.8 Å².